The molecule has 4 rings (SSSR count). The van der Waals surface area contributed by atoms with Gasteiger partial charge < -0.3 is 10.7 Å². The van der Waals surface area contributed by atoms with E-state index in [0.717, 1.165) is 17.8 Å². The fraction of sp³-hybridized carbons (Fsp3) is 0.308. The van der Waals surface area contributed by atoms with E-state index >= 15 is 0 Å². The van der Waals surface area contributed by atoms with Crippen molar-refractivity contribution in [3.8, 4) is 0 Å². The van der Waals surface area contributed by atoms with Crippen LogP contribution in [0.3, 0.4) is 0 Å². The number of aromatic amines is 1. The first-order chi connectivity index (χ1) is 9.33. The molecular formula is C13H13N5S. The number of aryl methyl sites for hydroxylation is 1. The number of hydrogen-bond donors (Lipinski definition) is 2. The highest BCUT2D eigenvalue weighted by atomic mass is 32.1. The van der Waals surface area contributed by atoms with Gasteiger partial charge in [0.2, 0.25) is 0 Å². The van der Waals surface area contributed by atoms with Gasteiger partial charge in [0.15, 0.2) is 11.5 Å². The molecule has 3 heterocycles. The number of nitrogens with zero attached hydrogens (tertiary/aromatic N) is 3. The number of aromatic nitrogens is 4. The van der Waals surface area contributed by atoms with Gasteiger partial charge in [0, 0.05) is 10.8 Å². The number of hydrogen-bond acceptors (Lipinski definition) is 5. The number of nitrogens with one attached hydrogen (secondary N) is 1. The van der Waals surface area contributed by atoms with Crippen molar-refractivity contribution >= 4 is 28.3 Å². The maximum Gasteiger partial charge on any atom is 0.183 e. The number of imidazole rings is 1. The van der Waals surface area contributed by atoms with Crippen molar-refractivity contribution in [1.82, 2.24) is 19.9 Å². The van der Waals surface area contributed by atoms with E-state index in [9.17, 15) is 0 Å². The molecule has 0 bridgehead atoms. The lowest BCUT2D eigenvalue weighted by Gasteiger charge is -2.20. The predicted octanol–water partition coefficient (Wildman–Crippen LogP) is 2.46. The average Bonchev–Trinajstić information content (AvgIpc) is 3.05. The van der Waals surface area contributed by atoms with Crippen LogP contribution in [0.1, 0.15) is 35.0 Å². The minimum atomic E-state index is 0.337. The Balaban J connectivity index is 1.86. The molecule has 1 aliphatic carbocycles. The third-order valence-corrected chi connectivity index (χ3v) is 4.71. The van der Waals surface area contributed by atoms with Gasteiger partial charge in [-0.25, -0.2) is 15.0 Å². The zero-order chi connectivity index (χ0) is 12.8. The number of nitrogen functional groups attached to an aromatic ring is 1. The predicted molar refractivity (Wildman–Crippen MR) is 75.2 cm³/mol. The van der Waals surface area contributed by atoms with Gasteiger partial charge in [-0.05, 0) is 36.3 Å². The maximum atomic E-state index is 5.85. The first-order valence-corrected chi connectivity index (χ1v) is 7.23. The molecular weight excluding hydrogens is 258 g/mol. The summed E-state index contributed by atoms with van der Waals surface area (Å²) < 4.78 is 0. The summed E-state index contributed by atoms with van der Waals surface area (Å²) in [6, 6.07) is 2.21. The largest absolute Gasteiger partial charge is 0.382 e. The molecule has 0 saturated heterocycles. The molecule has 1 unspecified atom stereocenters. The van der Waals surface area contributed by atoms with Gasteiger partial charge in [-0.2, -0.15) is 0 Å². The zero-order valence-corrected chi connectivity index (χ0v) is 11.1. The molecule has 0 amide bonds. The third-order valence-electron chi connectivity index (χ3n) is 3.72. The number of H-pyrrole nitrogens is 1. The highest BCUT2D eigenvalue weighted by Crippen LogP contribution is 2.38. The van der Waals surface area contributed by atoms with E-state index < -0.39 is 0 Å². The van der Waals surface area contributed by atoms with Gasteiger partial charge in [-0.3, -0.25) is 0 Å². The number of rotatable bonds is 1. The molecule has 3 aromatic rings. The fourth-order valence-electron chi connectivity index (χ4n) is 2.80. The van der Waals surface area contributed by atoms with Crippen molar-refractivity contribution in [3.63, 3.8) is 0 Å². The van der Waals surface area contributed by atoms with E-state index in [1.54, 1.807) is 0 Å². The van der Waals surface area contributed by atoms with Crippen LogP contribution < -0.4 is 5.73 Å². The topological polar surface area (TPSA) is 80.5 Å². The maximum absolute atomic E-state index is 5.85. The lowest BCUT2D eigenvalue weighted by molar-refractivity contribution is 0.604. The Hall–Kier alpha value is -1.95. The summed E-state index contributed by atoms with van der Waals surface area (Å²) in [6.45, 7) is 0. The normalized spacial score (nSPS) is 18.6. The Bertz CT molecular complexity index is 744. The monoisotopic (exact) mass is 271 g/mol. The minimum Gasteiger partial charge on any atom is -0.382 e. The van der Waals surface area contributed by atoms with E-state index in [1.807, 2.05) is 11.3 Å². The summed E-state index contributed by atoms with van der Waals surface area (Å²) in [5, 5.41) is 2.17. The summed E-state index contributed by atoms with van der Waals surface area (Å²) >= 11 is 1.84. The molecule has 3 aromatic heterocycles. The zero-order valence-electron chi connectivity index (χ0n) is 10.3. The molecule has 5 nitrogen and oxygen atoms in total. The summed E-state index contributed by atoms with van der Waals surface area (Å²) in [7, 11) is 0. The van der Waals surface area contributed by atoms with Crippen molar-refractivity contribution in [1.29, 1.82) is 0 Å². The molecule has 3 N–H and O–H groups in total. The van der Waals surface area contributed by atoms with Crippen LogP contribution in [0, 0.1) is 0 Å². The second-order valence-corrected chi connectivity index (χ2v) is 5.82. The van der Waals surface area contributed by atoms with Gasteiger partial charge in [-0.15, -0.1) is 11.3 Å². The van der Waals surface area contributed by atoms with Crippen LogP contribution in [0.4, 0.5) is 5.82 Å². The third kappa shape index (κ3) is 1.63. The quantitative estimate of drug-likeness (QED) is 0.712. The molecule has 0 aliphatic heterocycles. The Kier molecular flexibility index (Phi) is 2.32. The van der Waals surface area contributed by atoms with Crippen molar-refractivity contribution in [2.75, 3.05) is 5.73 Å². The number of anilines is 1. The molecule has 0 fully saturated rings. The van der Waals surface area contributed by atoms with Gasteiger partial charge in [0.05, 0.1) is 0 Å². The first kappa shape index (κ1) is 10.9. The molecule has 19 heavy (non-hydrogen) atoms. The SMILES string of the molecule is Nc1ncnc2nc(C3CCCc4sccc43)[nH]c12. The minimum absolute atomic E-state index is 0.337. The van der Waals surface area contributed by atoms with Crippen LogP contribution in [-0.2, 0) is 6.42 Å². The fourth-order valence-corrected chi connectivity index (χ4v) is 3.79. The van der Waals surface area contributed by atoms with Crippen molar-refractivity contribution in [2.45, 2.75) is 25.2 Å². The van der Waals surface area contributed by atoms with Gasteiger partial charge in [-0.1, -0.05) is 0 Å². The second-order valence-electron chi connectivity index (χ2n) is 4.82. The van der Waals surface area contributed by atoms with E-state index in [2.05, 4.69) is 31.4 Å². The van der Waals surface area contributed by atoms with Crippen LogP contribution in [0.2, 0.25) is 0 Å². The highest BCUT2D eigenvalue weighted by molar-refractivity contribution is 7.10. The summed E-state index contributed by atoms with van der Waals surface area (Å²) in [5.41, 5.74) is 8.67. The Morgan fingerprint density at radius 2 is 2.32 bits per heavy atom. The van der Waals surface area contributed by atoms with E-state index in [1.165, 1.54) is 29.6 Å². The smallest absolute Gasteiger partial charge is 0.183 e. The Morgan fingerprint density at radius 1 is 1.37 bits per heavy atom. The van der Waals surface area contributed by atoms with Crippen molar-refractivity contribution in [2.24, 2.45) is 0 Å². The molecule has 6 heteroatoms. The average molecular weight is 271 g/mol. The summed E-state index contributed by atoms with van der Waals surface area (Å²) in [6.07, 6.45) is 4.97. The summed E-state index contributed by atoms with van der Waals surface area (Å²) in [4.78, 5) is 17.6. The van der Waals surface area contributed by atoms with E-state index in [-0.39, 0.29) is 0 Å². The molecule has 1 atom stereocenters. The molecule has 0 radical (unpaired) electrons. The number of thiophene rings is 1. The number of nitrogens with two attached hydrogens (primary N) is 1. The second kappa shape index (κ2) is 4.03. The van der Waals surface area contributed by atoms with Gasteiger partial charge in [0.25, 0.3) is 0 Å². The van der Waals surface area contributed by atoms with Crippen LogP contribution in [0.15, 0.2) is 17.8 Å². The van der Waals surface area contributed by atoms with Crippen molar-refractivity contribution in [3.05, 3.63) is 34.0 Å². The molecule has 0 saturated carbocycles. The first-order valence-electron chi connectivity index (χ1n) is 6.35. The van der Waals surface area contributed by atoms with Gasteiger partial charge in [0.1, 0.15) is 17.7 Å². The van der Waals surface area contributed by atoms with E-state index in [0.29, 0.717) is 17.4 Å². The molecule has 0 spiro atoms. The van der Waals surface area contributed by atoms with E-state index in [4.69, 9.17) is 5.73 Å². The van der Waals surface area contributed by atoms with Crippen LogP contribution in [0.25, 0.3) is 11.2 Å². The summed E-state index contributed by atoms with van der Waals surface area (Å²) in [5.74, 6) is 1.76. The Labute approximate surface area is 113 Å². The van der Waals surface area contributed by atoms with Crippen LogP contribution >= 0.6 is 11.3 Å². The van der Waals surface area contributed by atoms with Gasteiger partial charge >= 0.3 is 0 Å². The van der Waals surface area contributed by atoms with Crippen LogP contribution in [-0.4, -0.2) is 19.9 Å². The highest BCUT2D eigenvalue weighted by Gasteiger charge is 2.25. The molecule has 96 valence electrons. The molecule has 1 aliphatic rings. The lowest BCUT2D eigenvalue weighted by Crippen LogP contribution is -2.09. The van der Waals surface area contributed by atoms with Crippen LogP contribution in [0.5, 0.6) is 0 Å². The Morgan fingerprint density at radius 3 is 3.21 bits per heavy atom. The standard InChI is InChI=1S/C13H13N5S/c14-11-10-13(16-6-15-11)18-12(17-10)8-2-1-3-9-7(8)4-5-19-9/h4-6,8H,1-3H2,(H3,14,15,16,17,18). The molecule has 0 aromatic carbocycles. The lowest BCUT2D eigenvalue weighted by atomic mass is 9.87. The number of fused-ring (bicyclic) bond motifs is 2. The van der Waals surface area contributed by atoms with Crippen molar-refractivity contribution < 1.29 is 0 Å².